The van der Waals surface area contributed by atoms with Crippen molar-refractivity contribution in [1.29, 1.82) is 0 Å². The highest BCUT2D eigenvalue weighted by Crippen LogP contribution is 2.18. The number of aliphatic imine (C=N–C) groups is 1. The van der Waals surface area contributed by atoms with E-state index in [9.17, 15) is 0 Å². The second-order valence-electron chi connectivity index (χ2n) is 2.31. The van der Waals surface area contributed by atoms with Gasteiger partial charge in [-0.2, -0.15) is 0 Å². The summed E-state index contributed by atoms with van der Waals surface area (Å²) in [6.45, 7) is 0.684. The molecule has 0 atom stereocenters. The molecule has 1 heterocycles. The van der Waals surface area contributed by atoms with Crippen molar-refractivity contribution >= 4 is 16.8 Å². The van der Waals surface area contributed by atoms with Gasteiger partial charge in [0.25, 0.3) is 0 Å². The predicted molar refractivity (Wildman–Crippen MR) is 45.6 cm³/mol. The van der Waals surface area contributed by atoms with Crippen LogP contribution in [0.2, 0.25) is 0 Å². The summed E-state index contributed by atoms with van der Waals surface area (Å²) >= 11 is 5.77. The van der Waals surface area contributed by atoms with Gasteiger partial charge in [0.1, 0.15) is 5.17 Å². The van der Waals surface area contributed by atoms with Gasteiger partial charge < -0.3 is 10.5 Å². The number of nitrogens with zero attached hydrogens (tertiary/aromatic N) is 1. The monoisotopic (exact) mass is 174 g/mol. The van der Waals surface area contributed by atoms with Crippen LogP contribution < -0.4 is 5.73 Å². The number of allylic oxidation sites excluding steroid dienone is 1. The fourth-order valence-electron chi connectivity index (χ4n) is 0.981. The van der Waals surface area contributed by atoms with Crippen LogP contribution in [0, 0.1) is 0 Å². The van der Waals surface area contributed by atoms with Gasteiger partial charge in [0.05, 0.1) is 6.61 Å². The molecule has 1 rings (SSSR count). The Balaban J connectivity index is 2.82. The average Bonchev–Trinajstić information content (AvgIpc) is 2.04. The molecule has 1 aliphatic heterocycles. The molecule has 0 unspecified atom stereocenters. The molecule has 0 saturated heterocycles. The van der Waals surface area contributed by atoms with E-state index >= 15 is 0 Å². The maximum absolute atomic E-state index is 5.77. The van der Waals surface area contributed by atoms with Gasteiger partial charge in [0, 0.05) is 12.6 Å². The van der Waals surface area contributed by atoms with E-state index in [0.29, 0.717) is 17.7 Å². The minimum atomic E-state index is 0.423. The largest absolute Gasteiger partial charge is 0.479 e. The highest BCUT2D eigenvalue weighted by molar-refractivity contribution is 6.69. The van der Waals surface area contributed by atoms with E-state index in [1.54, 1.807) is 7.05 Å². The maximum Gasteiger partial charge on any atom is 0.190 e. The topological polar surface area (TPSA) is 47.6 Å². The Kier molecular flexibility index (Phi) is 2.76. The molecule has 62 valence electrons. The van der Waals surface area contributed by atoms with Crippen molar-refractivity contribution in [2.24, 2.45) is 10.7 Å². The predicted octanol–water partition coefficient (Wildman–Crippen LogP) is 1.23. The van der Waals surface area contributed by atoms with Crippen LogP contribution in [0.1, 0.15) is 12.8 Å². The van der Waals surface area contributed by atoms with Crippen molar-refractivity contribution in [1.82, 2.24) is 0 Å². The molecule has 0 spiro atoms. The van der Waals surface area contributed by atoms with Gasteiger partial charge in [-0.15, -0.1) is 0 Å². The summed E-state index contributed by atoms with van der Waals surface area (Å²) in [5.41, 5.74) is 6.38. The SMILES string of the molecule is CN=C(Cl)C1=C(N)OCCC1. The summed E-state index contributed by atoms with van der Waals surface area (Å²) in [6.07, 6.45) is 1.82. The average molecular weight is 175 g/mol. The molecule has 3 nitrogen and oxygen atoms in total. The molecule has 0 aromatic carbocycles. The van der Waals surface area contributed by atoms with Crippen molar-refractivity contribution in [3.05, 3.63) is 11.5 Å². The fourth-order valence-corrected chi connectivity index (χ4v) is 1.17. The van der Waals surface area contributed by atoms with E-state index in [0.717, 1.165) is 18.4 Å². The number of hydrogen-bond donors (Lipinski definition) is 1. The van der Waals surface area contributed by atoms with Gasteiger partial charge in [-0.25, -0.2) is 0 Å². The lowest BCUT2D eigenvalue weighted by atomic mass is 10.1. The molecule has 1 aliphatic rings. The molecule has 0 fully saturated rings. The highest BCUT2D eigenvalue weighted by Gasteiger charge is 2.14. The van der Waals surface area contributed by atoms with E-state index in [1.807, 2.05) is 0 Å². The molecule has 4 heteroatoms. The highest BCUT2D eigenvalue weighted by atomic mass is 35.5. The Morgan fingerprint density at radius 1 is 1.73 bits per heavy atom. The van der Waals surface area contributed by atoms with E-state index in [-0.39, 0.29) is 0 Å². The van der Waals surface area contributed by atoms with Crippen LogP contribution in [-0.2, 0) is 4.74 Å². The Bertz CT molecular complexity index is 210. The third kappa shape index (κ3) is 1.87. The lowest BCUT2D eigenvalue weighted by Gasteiger charge is -2.16. The van der Waals surface area contributed by atoms with Gasteiger partial charge in [-0.05, 0) is 12.8 Å². The van der Waals surface area contributed by atoms with Crippen LogP contribution >= 0.6 is 11.6 Å². The van der Waals surface area contributed by atoms with Gasteiger partial charge in [0.15, 0.2) is 5.88 Å². The number of halogens is 1. The van der Waals surface area contributed by atoms with Gasteiger partial charge in [-0.1, -0.05) is 11.6 Å². The second kappa shape index (κ2) is 3.62. The van der Waals surface area contributed by atoms with Crippen LogP contribution in [0.4, 0.5) is 0 Å². The van der Waals surface area contributed by atoms with Crippen LogP contribution in [0.25, 0.3) is 0 Å². The summed E-state index contributed by atoms with van der Waals surface area (Å²) < 4.78 is 5.11. The smallest absolute Gasteiger partial charge is 0.190 e. The summed E-state index contributed by atoms with van der Waals surface area (Å²) in [5, 5.41) is 0.460. The van der Waals surface area contributed by atoms with Crippen LogP contribution in [0.15, 0.2) is 16.4 Å². The van der Waals surface area contributed by atoms with Crippen molar-refractivity contribution in [2.45, 2.75) is 12.8 Å². The second-order valence-corrected chi connectivity index (χ2v) is 2.67. The summed E-state index contributed by atoms with van der Waals surface area (Å²) in [5.74, 6) is 0.423. The Hall–Kier alpha value is -0.700. The van der Waals surface area contributed by atoms with Crippen molar-refractivity contribution in [3.63, 3.8) is 0 Å². The molecule has 0 bridgehead atoms. The molecule has 2 N–H and O–H groups in total. The zero-order valence-electron chi connectivity index (χ0n) is 6.43. The first kappa shape index (κ1) is 8.40. The fraction of sp³-hybridized carbons (Fsp3) is 0.571. The van der Waals surface area contributed by atoms with E-state index in [2.05, 4.69) is 4.99 Å². The third-order valence-electron chi connectivity index (χ3n) is 1.57. The Morgan fingerprint density at radius 2 is 2.45 bits per heavy atom. The number of ether oxygens (including phenoxy) is 1. The third-order valence-corrected chi connectivity index (χ3v) is 1.97. The normalized spacial score (nSPS) is 20.0. The molecule has 0 radical (unpaired) electrons. The molecule has 11 heavy (non-hydrogen) atoms. The summed E-state index contributed by atoms with van der Waals surface area (Å²) in [6, 6.07) is 0. The Labute approximate surface area is 70.9 Å². The van der Waals surface area contributed by atoms with Gasteiger partial charge >= 0.3 is 0 Å². The van der Waals surface area contributed by atoms with Crippen molar-refractivity contribution in [2.75, 3.05) is 13.7 Å². The molecule has 0 aromatic rings. The molecule has 0 amide bonds. The first-order valence-electron chi connectivity index (χ1n) is 3.49. The first-order chi connectivity index (χ1) is 5.25. The van der Waals surface area contributed by atoms with Gasteiger partial charge in [0.2, 0.25) is 0 Å². The van der Waals surface area contributed by atoms with E-state index in [4.69, 9.17) is 22.1 Å². The molecule has 0 aromatic heterocycles. The van der Waals surface area contributed by atoms with Gasteiger partial charge in [-0.3, -0.25) is 4.99 Å². The van der Waals surface area contributed by atoms with E-state index < -0.39 is 0 Å². The lowest BCUT2D eigenvalue weighted by Crippen LogP contribution is -2.16. The zero-order valence-corrected chi connectivity index (χ0v) is 7.19. The zero-order chi connectivity index (χ0) is 8.27. The molecule has 0 aliphatic carbocycles. The maximum atomic E-state index is 5.77. The van der Waals surface area contributed by atoms with Crippen LogP contribution in [-0.4, -0.2) is 18.8 Å². The van der Waals surface area contributed by atoms with Crippen LogP contribution in [0.3, 0.4) is 0 Å². The van der Waals surface area contributed by atoms with Crippen molar-refractivity contribution in [3.8, 4) is 0 Å². The summed E-state index contributed by atoms with van der Waals surface area (Å²) in [4.78, 5) is 3.83. The standard InChI is InChI=1S/C7H11ClN2O/c1-10-6(8)5-3-2-4-11-7(5)9/h2-4,9H2,1H3. The summed E-state index contributed by atoms with van der Waals surface area (Å²) in [7, 11) is 1.64. The Morgan fingerprint density at radius 3 is 3.00 bits per heavy atom. The van der Waals surface area contributed by atoms with Crippen LogP contribution in [0.5, 0.6) is 0 Å². The molecular weight excluding hydrogens is 164 g/mol. The quantitative estimate of drug-likeness (QED) is 0.608. The number of nitrogens with two attached hydrogens (primary N) is 1. The minimum Gasteiger partial charge on any atom is -0.479 e. The number of rotatable bonds is 1. The molecular formula is C7H11ClN2O. The van der Waals surface area contributed by atoms with E-state index in [1.165, 1.54) is 0 Å². The van der Waals surface area contributed by atoms with Crippen molar-refractivity contribution < 1.29 is 4.74 Å². The molecule has 0 saturated carbocycles. The first-order valence-corrected chi connectivity index (χ1v) is 3.87. The minimum absolute atomic E-state index is 0.423. The number of hydrogen-bond acceptors (Lipinski definition) is 3. The lowest BCUT2D eigenvalue weighted by molar-refractivity contribution is 0.188.